The molecule has 16 heavy (non-hydrogen) atoms. The molecule has 1 atom stereocenters. The molecule has 0 bridgehead atoms. The van der Waals surface area contributed by atoms with Crippen LogP contribution in [0.2, 0.25) is 10.0 Å². The van der Waals surface area contributed by atoms with E-state index < -0.39 is 0 Å². The Morgan fingerprint density at radius 1 is 1.31 bits per heavy atom. The average Bonchev–Trinajstić information content (AvgIpc) is 3.06. The van der Waals surface area contributed by atoms with E-state index in [1.807, 2.05) is 18.2 Å². The molecule has 1 N–H and O–H groups in total. The highest BCUT2D eigenvalue weighted by Crippen LogP contribution is 2.36. The maximum atomic E-state index is 6.19. The minimum atomic E-state index is 0.530. The molecule has 1 aromatic rings. The Bertz CT molecular complexity index is 341. The summed E-state index contributed by atoms with van der Waals surface area (Å²) in [7, 11) is 0. The normalized spacial score (nSPS) is 17.4. The van der Waals surface area contributed by atoms with Crippen molar-refractivity contribution in [2.45, 2.75) is 32.2 Å². The molecular weight excluding hydrogens is 241 g/mol. The molecule has 1 aromatic carbocycles. The maximum Gasteiger partial charge on any atom is 0.0453 e. The van der Waals surface area contributed by atoms with Gasteiger partial charge >= 0.3 is 0 Å². The predicted octanol–water partition coefficient (Wildman–Crippen LogP) is 3.92. The van der Waals surface area contributed by atoms with Crippen LogP contribution in [0.4, 0.5) is 0 Å². The molecule has 3 heteroatoms. The van der Waals surface area contributed by atoms with Crippen molar-refractivity contribution in [3.05, 3.63) is 33.8 Å². The van der Waals surface area contributed by atoms with E-state index >= 15 is 0 Å². The fourth-order valence-corrected chi connectivity index (χ4v) is 2.67. The van der Waals surface area contributed by atoms with Gasteiger partial charge in [0, 0.05) is 16.1 Å². The first-order chi connectivity index (χ1) is 7.72. The average molecular weight is 258 g/mol. The molecule has 1 nitrogen and oxygen atoms in total. The van der Waals surface area contributed by atoms with E-state index in [2.05, 4.69) is 12.2 Å². The Hall–Kier alpha value is -0.240. The molecule has 1 saturated carbocycles. The van der Waals surface area contributed by atoms with Crippen molar-refractivity contribution < 1.29 is 0 Å². The fraction of sp³-hybridized carbons (Fsp3) is 0.538. The van der Waals surface area contributed by atoms with E-state index in [1.165, 1.54) is 12.8 Å². The van der Waals surface area contributed by atoms with Gasteiger partial charge in [-0.1, -0.05) is 36.2 Å². The lowest BCUT2D eigenvalue weighted by Crippen LogP contribution is -2.33. The summed E-state index contributed by atoms with van der Waals surface area (Å²) in [6.07, 6.45) is 3.61. The molecule has 0 radical (unpaired) electrons. The van der Waals surface area contributed by atoms with Gasteiger partial charge in [-0.15, -0.1) is 0 Å². The van der Waals surface area contributed by atoms with Crippen molar-refractivity contribution in [3.63, 3.8) is 0 Å². The number of halogens is 2. The lowest BCUT2D eigenvalue weighted by molar-refractivity contribution is 0.472. The standard InChI is InChI=1S/C13H17Cl2N/c1-2-16-13(9-6-7-9)8-10-11(14)4-3-5-12(10)15/h3-5,9,13,16H,2,6-8H2,1H3. The van der Waals surface area contributed by atoms with Crippen LogP contribution in [0.25, 0.3) is 0 Å². The molecule has 0 amide bonds. The van der Waals surface area contributed by atoms with Gasteiger partial charge in [-0.05, 0) is 49.4 Å². The highest BCUT2D eigenvalue weighted by Gasteiger charge is 2.31. The number of likely N-dealkylation sites (N-methyl/N-ethyl adjacent to an activating group) is 1. The third-order valence-corrected chi connectivity index (χ3v) is 3.85. The predicted molar refractivity (Wildman–Crippen MR) is 70.4 cm³/mol. The molecule has 1 aliphatic rings. The number of hydrogen-bond donors (Lipinski definition) is 1. The van der Waals surface area contributed by atoms with Crippen molar-refractivity contribution in [2.24, 2.45) is 5.92 Å². The first-order valence-corrected chi connectivity index (χ1v) is 6.64. The quantitative estimate of drug-likeness (QED) is 0.843. The first-order valence-electron chi connectivity index (χ1n) is 5.88. The number of rotatable bonds is 5. The van der Waals surface area contributed by atoms with Crippen LogP contribution in [0.1, 0.15) is 25.3 Å². The van der Waals surface area contributed by atoms with Crippen LogP contribution in [0.15, 0.2) is 18.2 Å². The Balaban J connectivity index is 2.11. The van der Waals surface area contributed by atoms with Gasteiger partial charge in [0.05, 0.1) is 0 Å². The molecule has 1 unspecified atom stereocenters. The molecule has 0 aromatic heterocycles. The van der Waals surface area contributed by atoms with Crippen LogP contribution in [0.3, 0.4) is 0 Å². The molecule has 1 aliphatic carbocycles. The maximum absolute atomic E-state index is 6.19. The second kappa shape index (κ2) is 5.39. The second-order valence-corrected chi connectivity index (χ2v) is 5.22. The highest BCUT2D eigenvalue weighted by atomic mass is 35.5. The smallest absolute Gasteiger partial charge is 0.0453 e. The van der Waals surface area contributed by atoms with Gasteiger partial charge in [0.25, 0.3) is 0 Å². The number of hydrogen-bond acceptors (Lipinski definition) is 1. The molecule has 0 spiro atoms. The van der Waals surface area contributed by atoms with E-state index in [0.29, 0.717) is 6.04 Å². The van der Waals surface area contributed by atoms with Gasteiger partial charge in [0.15, 0.2) is 0 Å². The van der Waals surface area contributed by atoms with Crippen LogP contribution in [0.5, 0.6) is 0 Å². The Labute approximate surface area is 107 Å². The van der Waals surface area contributed by atoms with Crippen molar-refractivity contribution in [2.75, 3.05) is 6.54 Å². The lowest BCUT2D eigenvalue weighted by Gasteiger charge is -2.18. The molecule has 0 heterocycles. The van der Waals surface area contributed by atoms with Gasteiger partial charge in [-0.25, -0.2) is 0 Å². The van der Waals surface area contributed by atoms with E-state index in [9.17, 15) is 0 Å². The van der Waals surface area contributed by atoms with Crippen LogP contribution in [-0.2, 0) is 6.42 Å². The number of benzene rings is 1. The van der Waals surface area contributed by atoms with E-state index in [0.717, 1.165) is 34.5 Å². The van der Waals surface area contributed by atoms with Crippen molar-refractivity contribution in [1.29, 1.82) is 0 Å². The summed E-state index contributed by atoms with van der Waals surface area (Å²) in [4.78, 5) is 0. The monoisotopic (exact) mass is 257 g/mol. The molecular formula is C13H17Cl2N. The summed E-state index contributed by atoms with van der Waals surface area (Å²) in [6, 6.07) is 6.26. The summed E-state index contributed by atoms with van der Waals surface area (Å²) in [5, 5.41) is 5.11. The summed E-state index contributed by atoms with van der Waals surface area (Å²) in [5.41, 5.74) is 1.09. The summed E-state index contributed by atoms with van der Waals surface area (Å²) in [6.45, 7) is 3.15. The third-order valence-electron chi connectivity index (χ3n) is 3.14. The Morgan fingerprint density at radius 3 is 2.44 bits per heavy atom. The Kier molecular flexibility index (Phi) is 4.12. The second-order valence-electron chi connectivity index (χ2n) is 4.41. The molecule has 88 valence electrons. The lowest BCUT2D eigenvalue weighted by atomic mass is 10.0. The van der Waals surface area contributed by atoms with Crippen LogP contribution in [-0.4, -0.2) is 12.6 Å². The van der Waals surface area contributed by atoms with Gasteiger partial charge in [-0.2, -0.15) is 0 Å². The van der Waals surface area contributed by atoms with Gasteiger partial charge < -0.3 is 5.32 Å². The summed E-state index contributed by atoms with van der Waals surface area (Å²) < 4.78 is 0. The molecule has 2 rings (SSSR count). The minimum absolute atomic E-state index is 0.530. The highest BCUT2D eigenvalue weighted by molar-refractivity contribution is 6.36. The molecule has 0 saturated heterocycles. The minimum Gasteiger partial charge on any atom is -0.314 e. The molecule has 1 fully saturated rings. The van der Waals surface area contributed by atoms with Crippen LogP contribution >= 0.6 is 23.2 Å². The van der Waals surface area contributed by atoms with Gasteiger partial charge in [0.1, 0.15) is 0 Å². The third kappa shape index (κ3) is 2.91. The fourth-order valence-electron chi connectivity index (χ4n) is 2.11. The summed E-state index contributed by atoms with van der Waals surface area (Å²) >= 11 is 12.4. The van der Waals surface area contributed by atoms with Crippen LogP contribution in [0, 0.1) is 5.92 Å². The van der Waals surface area contributed by atoms with E-state index in [1.54, 1.807) is 0 Å². The SMILES string of the molecule is CCNC(Cc1c(Cl)cccc1Cl)C1CC1. The van der Waals surface area contributed by atoms with Crippen molar-refractivity contribution in [1.82, 2.24) is 5.32 Å². The summed E-state index contributed by atoms with van der Waals surface area (Å²) in [5.74, 6) is 0.812. The van der Waals surface area contributed by atoms with Gasteiger partial charge in [-0.3, -0.25) is 0 Å². The molecule has 0 aliphatic heterocycles. The zero-order chi connectivity index (χ0) is 11.5. The van der Waals surface area contributed by atoms with E-state index in [4.69, 9.17) is 23.2 Å². The number of nitrogens with one attached hydrogen (secondary N) is 1. The Morgan fingerprint density at radius 2 is 1.94 bits per heavy atom. The first kappa shape index (κ1) is 12.2. The van der Waals surface area contributed by atoms with Gasteiger partial charge in [0.2, 0.25) is 0 Å². The van der Waals surface area contributed by atoms with E-state index in [-0.39, 0.29) is 0 Å². The topological polar surface area (TPSA) is 12.0 Å². The van der Waals surface area contributed by atoms with Crippen LogP contribution < -0.4 is 5.32 Å². The largest absolute Gasteiger partial charge is 0.314 e. The van der Waals surface area contributed by atoms with Crippen molar-refractivity contribution in [3.8, 4) is 0 Å². The van der Waals surface area contributed by atoms with Crippen molar-refractivity contribution >= 4 is 23.2 Å². The zero-order valence-electron chi connectivity index (χ0n) is 9.47. The zero-order valence-corrected chi connectivity index (χ0v) is 11.0.